The van der Waals surface area contributed by atoms with E-state index in [9.17, 15) is 0 Å². The number of nitrogens with zero attached hydrogens (tertiary/aromatic N) is 1. The first-order valence-corrected chi connectivity index (χ1v) is 6.99. The number of hydrogen-bond donors (Lipinski definition) is 1. The summed E-state index contributed by atoms with van der Waals surface area (Å²) in [5.74, 6) is 3.38. The lowest BCUT2D eigenvalue weighted by Gasteiger charge is -2.27. The van der Waals surface area contributed by atoms with Crippen LogP contribution in [0.15, 0.2) is 18.2 Å². The first-order chi connectivity index (χ1) is 9.19. The second-order valence-corrected chi connectivity index (χ2v) is 5.78. The van der Waals surface area contributed by atoms with Gasteiger partial charge in [0.1, 0.15) is 0 Å². The zero-order chi connectivity index (χ0) is 13.4. The standard InChI is InChI=1S/C15H22N2O2/c1-10-5-12(10)8-17(2)13(7-16)11-3-4-14-15(6-11)19-9-18-14/h3-4,6,10,12-13H,5,7-9,16H2,1-2H3. The quantitative estimate of drug-likeness (QED) is 0.881. The molecule has 1 aliphatic heterocycles. The molecule has 19 heavy (non-hydrogen) atoms. The van der Waals surface area contributed by atoms with Crippen molar-refractivity contribution in [1.82, 2.24) is 4.90 Å². The minimum absolute atomic E-state index is 0.252. The Morgan fingerprint density at radius 3 is 2.79 bits per heavy atom. The Balaban J connectivity index is 1.73. The molecule has 1 fully saturated rings. The molecule has 0 aromatic heterocycles. The minimum atomic E-state index is 0.252. The van der Waals surface area contributed by atoms with E-state index in [0.29, 0.717) is 13.3 Å². The molecule has 1 aromatic carbocycles. The largest absolute Gasteiger partial charge is 0.454 e. The van der Waals surface area contributed by atoms with Crippen molar-refractivity contribution in [2.45, 2.75) is 19.4 Å². The van der Waals surface area contributed by atoms with E-state index in [0.717, 1.165) is 29.9 Å². The van der Waals surface area contributed by atoms with Crippen LogP contribution in [-0.2, 0) is 0 Å². The van der Waals surface area contributed by atoms with Crippen LogP contribution in [0.25, 0.3) is 0 Å². The molecule has 104 valence electrons. The first kappa shape index (κ1) is 12.8. The SMILES string of the molecule is CC1CC1CN(C)C(CN)c1ccc2c(c1)OCO2. The summed E-state index contributed by atoms with van der Waals surface area (Å²) in [6.07, 6.45) is 1.35. The fourth-order valence-electron chi connectivity index (χ4n) is 2.84. The third kappa shape index (κ3) is 2.55. The molecule has 3 unspecified atom stereocenters. The predicted molar refractivity (Wildman–Crippen MR) is 74.3 cm³/mol. The van der Waals surface area contributed by atoms with Crippen LogP contribution in [0, 0.1) is 11.8 Å². The van der Waals surface area contributed by atoms with E-state index in [1.165, 1.54) is 12.0 Å². The van der Waals surface area contributed by atoms with Gasteiger partial charge in [0, 0.05) is 19.1 Å². The second kappa shape index (κ2) is 5.02. The van der Waals surface area contributed by atoms with E-state index in [1.807, 2.05) is 6.07 Å². The number of hydrogen-bond acceptors (Lipinski definition) is 4. The highest BCUT2D eigenvalue weighted by Crippen LogP contribution is 2.40. The monoisotopic (exact) mass is 262 g/mol. The van der Waals surface area contributed by atoms with Gasteiger partial charge in [-0.1, -0.05) is 13.0 Å². The maximum absolute atomic E-state index is 5.97. The van der Waals surface area contributed by atoms with E-state index in [2.05, 4.69) is 31.0 Å². The van der Waals surface area contributed by atoms with Gasteiger partial charge in [-0.25, -0.2) is 0 Å². The maximum Gasteiger partial charge on any atom is 0.231 e. The lowest BCUT2D eigenvalue weighted by molar-refractivity contribution is 0.173. The maximum atomic E-state index is 5.97. The van der Waals surface area contributed by atoms with Crippen LogP contribution in [-0.4, -0.2) is 31.8 Å². The van der Waals surface area contributed by atoms with E-state index in [-0.39, 0.29) is 6.04 Å². The van der Waals surface area contributed by atoms with Gasteiger partial charge in [0.25, 0.3) is 0 Å². The summed E-state index contributed by atoms with van der Waals surface area (Å²) in [7, 11) is 2.16. The van der Waals surface area contributed by atoms with Gasteiger partial charge in [-0.15, -0.1) is 0 Å². The van der Waals surface area contributed by atoms with Gasteiger partial charge in [-0.2, -0.15) is 0 Å². The molecule has 3 atom stereocenters. The molecule has 0 amide bonds. The lowest BCUT2D eigenvalue weighted by atomic mass is 10.0. The smallest absolute Gasteiger partial charge is 0.231 e. The number of likely N-dealkylation sites (N-methyl/N-ethyl adjacent to an activating group) is 1. The van der Waals surface area contributed by atoms with Crippen LogP contribution in [0.3, 0.4) is 0 Å². The summed E-state index contributed by atoms with van der Waals surface area (Å²) < 4.78 is 10.8. The van der Waals surface area contributed by atoms with Gasteiger partial charge in [-0.3, -0.25) is 4.90 Å². The van der Waals surface area contributed by atoms with Crippen LogP contribution in [0.1, 0.15) is 24.9 Å². The molecule has 2 N–H and O–H groups in total. The summed E-state index contributed by atoms with van der Waals surface area (Å²) in [5.41, 5.74) is 7.18. The molecule has 3 rings (SSSR count). The number of benzene rings is 1. The first-order valence-electron chi connectivity index (χ1n) is 6.99. The van der Waals surface area contributed by atoms with Gasteiger partial charge in [0.05, 0.1) is 0 Å². The van der Waals surface area contributed by atoms with E-state index in [1.54, 1.807) is 0 Å². The number of nitrogens with two attached hydrogens (primary N) is 1. The molecule has 0 bridgehead atoms. The van der Waals surface area contributed by atoms with E-state index < -0.39 is 0 Å². The highest BCUT2D eigenvalue weighted by molar-refractivity contribution is 5.45. The van der Waals surface area contributed by atoms with Crippen molar-refractivity contribution in [2.75, 3.05) is 26.9 Å². The average Bonchev–Trinajstić information content (AvgIpc) is 2.91. The molecule has 1 heterocycles. The molecule has 4 nitrogen and oxygen atoms in total. The van der Waals surface area contributed by atoms with Crippen LogP contribution in [0.5, 0.6) is 11.5 Å². The Hall–Kier alpha value is -1.26. The molecule has 1 aliphatic carbocycles. The topological polar surface area (TPSA) is 47.7 Å². The van der Waals surface area contributed by atoms with Gasteiger partial charge in [0.2, 0.25) is 6.79 Å². The minimum Gasteiger partial charge on any atom is -0.454 e. The average molecular weight is 262 g/mol. The Labute approximate surface area is 114 Å². The van der Waals surface area contributed by atoms with E-state index in [4.69, 9.17) is 15.2 Å². The van der Waals surface area contributed by atoms with Crippen molar-refractivity contribution in [3.8, 4) is 11.5 Å². The van der Waals surface area contributed by atoms with Crippen molar-refractivity contribution >= 4 is 0 Å². The zero-order valence-electron chi connectivity index (χ0n) is 11.6. The van der Waals surface area contributed by atoms with Crippen molar-refractivity contribution < 1.29 is 9.47 Å². The van der Waals surface area contributed by atoms with Gasteiger partial charge in [0.15, 0.2) is 11.5 Å². The molecule has 0 saturated heterocycles. The normalized spacial score (nSPS) is 25.7. The molecular weight excluding hydrogens is 240 g/mol. The highest BCUT2D eigenvalue weighted by Gasteiger charge is 2.34. The van der Waals surface area contributed by atoms with E-state index >= 15 is 0 Å². The summed E-state index contributed by atoms with van der Waals surface area (Å²) >= 11 is 0. The highest BCUT2D eigenvalue weighted by atomic mass is 16.7. The fourth-order valence-corrected chi connectivity index (χ4v) is 2.84. The predicted octanol–water partition coefficient (Wildman–Crippen LogP) is 2.00. The summed E-state index contributed by atoms with van der Waals surface area (Å²) in [4.78, 5) is 2.37. The Bertz CT molecular complexity index is 463. The van der Waals surface area contributed by atoms with Gasteiger partial charge in [-0.05, 0) is 43.0 Å². The Morgan fingerprint density at radius 2 is 2.11 bits per heavy atom. The van der Waals surface area contributed by atoms with Crippen LogP contribution in [0.4, 0.5) is 0 Å². The van der Waals surface area contributed by atoms with Gasteiger partial charge < -0.3 is 15.2 Å². The molecule has 2 aliphatic rings. The van der Waals surface area contributed by atoms with Crippen molar-refractivity contribution in [2.24, 2.45) is 17.6 Å². The van der Waals surface area contributed by atoms with Crippen molar-refractivity contribution in [3.05, 3.63) is 23.8 Å². The summed E-state index contributed by atoms with van der Waals surface area (Å²) in [6.45, 7) is 4.38. The molecule has 1 aromatic rings. The Kier molecular flexibility index (Phi) is 3.37. The third-order valence-electron chi connectivity index (χ3n) is 4.34. The van der Waals surface area contributed by atoms with Gasteiger partial charge >= 0.3 is 0 Å². The van der Waals surface area contributed by atoms with Crippen molar-refractivity contribution in [3.63, 3.8) is 0 Å². The fraction of sp³-hybridized carbons (Fsp3) is 0.600. The Morgan fingerprint density at radius 1 is 1.37 bits per heavy atom. The van der Waals surface area contributed by atoms with Crippen molar-refractivity contribution in [1.29, 1.82) is 0 Å². The number of rotatable bonds is 5. The third-order valence-corrected chi connectivity index (χ3v) is 4.34. The summed E-state index contributed by atoms with van der Waals surface area (Å²) in [6, 6.07) is 6.39. The molecule has 4 heteroatoms. The zero-order valence-corrected chi connectivity index (χ0v) is 11.6. The van der Waals surface area contributed by atoms with Crippen LogP contribution >= 0.6 is 0 Å². The molecule has 0 radical (unpaired) electrons. The molecular formula is C15H22N2O2. The number of ether oxygens (including phenoxy) is 2. The lowest BCUT2D eigenvalue weighted by Crippen LogP contribution is -2.32. The number of fused-ring (bicyclic) bond motifs is 1. The van der Waals surface area contributed by atoms with Crippen LogP contribution in [0.2, 0.25) is 0 Å². The molecule has 0 spiro atoms. The van der Waals surface area contributed by atoms with Crippen LogP contribution < -0.4 is 15.2 Å². The second-order valence-electron chi connectivity index (χ2n) is 5.78. The molecule has 1 saturated carbocycles. The summed E-state index contributed by atoms with van der Waals surface area (Å²) in [5, 5.41) is 0.